The van der Waals surface area contributed by atoms with Gasteiger partial charge in [0.2, 0.25) is 5.91 Å². The average molecular weight is 360 g/mol. The van der Waals surface area contributed by atoms with Crippen LogP contribution in [0.15, 0.2) is 11.1 Å². The number of nitrogens with one attached hydrogen (secondary N) is 2. The smallest absolute Gasteiger partial charge is 0.321 e. The molecule has 2 rings (SSSR count). The van der Waals surface area contributed by atoms with E-state index in [-0.39, 0.29) is 11.8 Å². The number of carbonyl (C=O) groups is 2. The van der Waals surface area contributed by atoms with Crippen molar-refractivity contribution in [2.45, 2.75) is 57.5 Å². The molecule has 3 amide bonds. The standard InChI is InChI=1S/C18H24N4O2S/c1-11-6-4-5-7-15(11)21-18(24)22-16(23)10-25-17-14(9-19)12(2)8-13(3)20-17/h8,11,15H,4-7,10H2,1-3H3,(H2,21,22,23,24). The maximum absolute atomic E-state index is 12.0. The second-order valence-corrected chi connectivity index (χ2v) is 7.52. The predicted octanol–water partition coefficient (Wildman–Crippen LogP) is 3.07. The first-order chi connectivity index (χ1) is 11.9. The summed E-state index contributed by atoms with van der Waals surface area (Å²) in [6.45, 7) is 5.81. The summed E-state index contributed by atoms with van der Waals surface area (Å²) in [7, 11) is 0. The summed E-state index contributed by atoms with van der Waals surface area (Å²) in [5.74, 6) is 0.0792. The molecule has 0 bridgehead atoms. The summed E-state index contributed by atoms with van der Waals surface area (Å²) in [4.78, 5) is 28.3. The van der Waals surface area contributed by atoms with Crippen molar-refractivity contribution in [1.29, 1.82) is 5.26 Å². The highest BCUT2D eigenvalue weighted by Gasteiger charge is 2.23. The van der Waals surface area contributed by atoms with Gasteiger partial charge < -0.3 is 5.32 Å². The normalized spacial score (nSPS) is 19.8. The Hall–Kier alpha value is -2.07. The lowest BCUT2D eigenvalue weighted by atomic mass is 9.86. The SMILES string of the molecule is Cc1cc(C)c(C#N)c(SCC(=O)NC(=O)NC2CCCCC2C)n1. The molecule has 2 atom stereocenters. The fraction of sp³-hybridized carbons (Fsp3) is 0.556. The van der Waals surface area contributed by atoms with E-state index in [9.17, 15) is 14.9 Å². The van der Waals surface area contributed by atoms with Gasteiger partial charge in [0.1, 0.15) is 11.1 Å². The van der Waals surface area contributed by atoms with E-state index in [1.54, 1.807) is 0 Å². The Morgan fingerprint density at radius 2 is 2.08 bits per heavy atom. The van der Waals surface area contributed by atoms with Crippen LogP contribution in [-0.4, -0.2) is 28.7 Å². The Labute approximate surface area is 152 Å². The quantitative estimate of drug-likeness (QED) is 0.805. The van der Waals surface area contributed by atoms with Crippen LogP contribution in [0.4, 0.5) is 4.79 Å². The first kappa shape index (κ1) is 19.3. The topological polar surface area (TPSA) is 94.9 Å². The number of urea groups is 1. The summed E-state index contributed by atoms with van der Waals surface area (Å²) >= 11 is 1.17. The minimum atomic E-state index is -0.446. The van der Waals surface area contributed by atoms with Gasteiger partial charge in [-0.3, -0.25) is 10.1 Å². The first-order valence-corrected chi connectivity index (χ1v) is 9.50. The zero-order chi connectivity index (χ0) is 18.4. The minimum Gasteiger partial charge on any atom is -0.335 e. The van der Waals surface area contributed by atoms with Crippen molar-refractivity contribution >= 4 is 23.7 Å². The van der Waals surface area contributed by atoms with Crippen LogP contribution in [0, 0.1) is 31.1 Å². The van der Waals surface area contributed by atoms with Gasteiger partial charge in [-0.15, -0.1) is 0 Å². The Balaban J connectivity index is 1.87. The van der Waals surface area contributed by atoms with E-state index in [1.807, 2.05) is 19.9 Å². The van der Waals surface area contributed by atoms with Crippen molar-refractivity contribution in [2.24, 2.45) is 5.92 Å². The summed E-state index contributed by atoms with van der Waals surface area (Å²) in [6, 6.07) is 3.63. The van der Waals surface area contributed by atoms with E-state index in [1.165, 1.54) is 18.2 Å². The zero-order valence-electron chi connectivity index (χ0n) is 14.9. The lowest BCUT2D eigenvalue weighted by Crippen LogP contribution is -2.48. The van der Waals surface area contributed by atoms with Gasteiger partial charge in [0.25, 0.3) is 0 Å². The number of hydrogen-bond donors (Lipinski definition) is 2. The molecule has 2 N–H and O–H groups in total. The van der Waals surface area contributed by atoms with Gasteiger partial charge in [-0.1, -0.05) is 31.5 Å². The van der Waals surface area contributed by atoms with Gasteiger partial charge in [-0.25, -0.2) is 9.78 Å². The second kappa shape index (κ2) is 8.86. The van der Waals surface area contributed by atoms with Crippen molar-refractivity contribution < 1.29 is 9.59 Å². The Morgan fingerprint density at radius 1 is 1.36 bits per heavy atom. The van der Waals surface area contributed by atoms with E-state index >= 15 is 0 Å². The summed E-state index contributed by atoms with van der Waals surface area (Å²) < 4.78 is 0. The maximum Gasteiger partial charge on any atom is 0.321 e. The van der Waals surface area contributed by atoms with Crippen LogP contribution in [0.3, 0.4) is 0 Å². The number of aryl methyl sites for hydroxylation is 2. The highest BCUT2D eigenvalue weighted by atomic mass is 32.2. The predicted molar refractivity (Wildman–Crippen MR) is 97.2 cm³/mol. The molecule has 1 fully saturated rings. The number of nitriles is 1. The number of amides is 3. The fourth-order valence-corrected chi connectivity index (χ4v) is 3.97. The molecule has 1 heterocycles. The average Bonchev–Trinajstić information content (AvgIpc) is 2.54. The fourth-order valence-electron chi connectivity index (χ4n) is 3.07. The lowest BCUT2D eigenvalue weighted by molar-refractivity contribution is -0.117. The molecule has 25 heavy (non-hydrogen) atoms. The van der Waals surface area contributed by atoms with Crippen LogP contribution in [0.5, 0.6) is 0 Å². The van der Waals surface area contributed by atoms with E-state index in [2.05, 4.69) is 28.6 Å². The van der Waals surface area contributed by atoms with E-state index in [0.29, 0.717) is 16.5 Å². The number of aromatic nitrogens is 1. The van der Waals surface area contributed by atoms with Crippen LogP contribution in [0.2, 0.25) is 0 Å². The largest absolute Gasteiger partial charge is 0.335 e. The van der Waals surface area contributed by atoms with Crippen LogP contribution < -0.4 is 10.6 Å². The molecule has 0 aromatic carbocycles. The van der Waals surface area contributed by atoms with Crippen LogP contribution in [0.25, 0.3) is 0 Å². The van der Waals surface area contributed by atoms with Crippen molar-refractivity contribution in [1.82, 2.24) is 15.6 Å². The van der Waals surface area contributed by atoms with Crippen molar-refractivity contribution in [2.75, 3.05) is 5.75 Å². The Bertz CT molecular complexity index is 699. The maximum atomic E-state index is 12.0. The molecule has 1 aromatic rings. The van der Waals surface area contributed by atoms with Crippen molar-refractivity contribution in [3.8, 4) is 6.07 Å². The van der Waals surface area contributed by atoms with Gasteiger partial charge in [-0.2, -0.15) is 5.26 Å². The van der Waals surface area contributed by atoms with Crippen molar-refractivity contribution in [3.63, 3.8) is 0 Å². The third kappa shape index (κ3) is 5.46. The number of carbonyl (C=O) groups excluding carboxylic acids is 2. The Morgan fingerprint density at radius 3 is 2.76 bits per heavy atom. The number of pyridine rings is 1. The molecular weight excluding hydrogens is 336 g/mol. The molecule has 2 unspecified atom stereocenters. The van der Waals surface area contributed by atoms with Crippen LogP contribution >= 0.6 is 11.8 Å². The molecular formula is C18H24N4O2S. The summed E-state index contributed by atoms with van der Waals surface area (Å²) in [6.07, 6.45) is 4.36. The molecule has 0 aliphatic heterocycles. The summed E-state index contributed by atoms with van der Waals surface area (Å²) in [5.41, 5.74) is 2.11. The van der Waals surface area contributed by atoms with Crippen LogP contribution in [-0.2, 0) is 4.79 Å². The third-order valence-corrected chi connectivity index (χ3v) is 5.42. The van der Waals surface area contributed by atoms with Gasteiger partial charge in [-0.05, 0) is 44.2 Å². The molecule has 1 saturated carbocycles. The molecule has 1 aromatic heterocycles. The highest BCUT2D eigenvalue weighted by molar-refractivity contribution is 8.00. The second-order valence-electron chi connectivity index (χ2n) is 6.55. The number of thioether (sulfide) groups is 1. The number of rotatable bonds is 4. The molecule has 6 nitrogen and oxygen atoms in total. The number of imide groups is 1. The lowest BCUT2D eigenvalue weighted by Gasteiger charge is -2.29. The molecule has 1 aliphatic carbocycles. The van der Waals surface area contributed by atoms with Crippen molar-refractivity contribution in [3.05, 3.63) is 22.9 Å². The molecule has 0 saturated heterocycles. The van der Waals surface area contributed by atoms with E-state index < -0.39 is 11.9 Å². The molecule has 7 heteroatoms. The third-order valence-electron chi connectivity index (χ3n) is 4.44. The molecule has 0 radical (unpaired) electrons. The van der Waals surface area contributed by atoms with Gasteiger partial charge in [0.15, 0.2) is 0 Å². The zero-order valence-corrected chi connectivity index (χ0v) is 15.7. The molecule has 134 valence electrons. The van der Waals surface area contributed by atoms with E-state index in [0.717, 1.165) is 30.5 Å². The highest BCUT2D eigenvalue weighted by Crippen LogP contribution is 2.24. The first-order valence-electron chi connectivity index (χ1n) is 8.52. The molecule has 0 spiro atoms. The minimum absolute atomic E-state index is 0.0399. The van der Waals surface area contributed by atoms with Crippen LogP contribution in [0.1, 0.15) is 49.4 Å². The molecule has 1 aliphatic rings. The monoisotopic (exact) mass is 360 g/mol. The van der Waals surface area contributed by atoms with Gasteiger partial charge in [0.05, 0.1) is 11.3 Å². The van der Waals surface area contributed by atoms with E-state index in [4.69, 9.17) is 0 Å². The number of nitrogens with zero attached hydrogens (tertiary/aromatic N) is 2. The van der Waals surface area contributed by atoms with Gasteiger partial charge in [0, 0.05) is 11.7 Å². The Kier molecular flexibility index (Phi) is 6.82. The summed E-state index contributed by atoms with van der Waals surface area (Å²) in [5, 5.41) is 15.0. The van der Waals surface area contributed by atoms with Gasteiger partial charge >= 0.3 is 6.03 Å². The number of hydrogen-bond acceptors (Lipinski definition) is 5.